The number of carbonyl (C=O) groups is 1. The lowest BCUT2D eigenvalue weighted by Gasteiger charge is -2.06. The summed E-state index contributed by atoms with van der Waals surface area (Å²) in [4.78, 5) is 11.8. The number of hydrogen-bond acceptors (Lipinski definition) is 3. The highest BCUT2D eigenvalue weighted by atomic mass is 16.3. The van der Waals surface area contributed by atoms with Crippen molar-refractivity contribution in [2.45, 2.75) is 6.54 Å². The van der Waals surface area contributed by atoms with Crippen molar-refractivity contribution < 1.29 is 9.90 Å². The van der Waals surface area contributed by atoms with Crippen LogP contribution in [0.5, 0.6) is 5.75 Å². The third kappa shape index (κ3) is 2.79. The van der Waals surface area contributed by atoms with Crippen LogP contribution in [0.25, 0.3) is 0 Å². The van der Waals surface area contributed by atoms with Gasteiger partial charge in [-0.05, 0) is 23.8 Å². The Morgan fingerprint density at radius 3 is 2.56 bits per heavy atom. The number of carbonyl (C=O) groups excluding carboxylic acids is 1. The van der Waals surface area contributed by atoms with Crippen LogP contribution in [0.1, 0.15) is 15.9 Å². The second kappa shape index (κ2) is 5.23. The summed E-state index contributed by atoms with van der Waals surface area (Å²) in [6.45, 7) is 0.459. The second-order valence-electron chi connectivity index (χ2n) is 3.94. The van der Waals surface area contributed by atoms with E-state index in [1.54, 1.807) is 0 Å². The third-order valence-corrected chi connectivity index (χ3v) is 2.59. The van der Waals surface area contributed by atoms with Gasteiger partial charge in [0.25, 0.3) is 5.91 Å². The normalized spacial score (nSPS) is 10.0. The van der Waals surface area contributed by atoms with Crippen LogP contribution in [0, 0.1) is 0 Å². The van der Waals surface area contributed by atoms with E-state index in [1.165, 1.54) is 18.2 Å². The minimum atomic E-state index is -0.217. The Kier molecular flexibility index (Phi) is 3.48. The highest BCUT2D eigenvalue weighted by molar-refractivity contribution is 5.95. The van der Waals surface area contributed by atoms with Gasteiger partial charge in [0.2, 0.25) is 0 Å². The van der Waals surface area contributed by atoms with Crippen LogP contribution in [0.3, 0.4) is 0 Å². The lowest BCUT2D eigenvalue weighted by atomic mass is 10.1. The van der Waals surface area contributed by atoms with E-state index in [9.17, 15) is 9.90 Å². The monoisotopic (exact) mass is 242 g/mol. The SMILES string of the molecule is Nc1cc(C(=O)NCc2ccccc2)ccc1O. The molecule has 0 aliphatic carbocycles. The van der Waals surface area contributed by atoms with Crippen molar-refractivity contribution in [2.75, 3.05) is 5.73 Å². The summed E-state index contributed by atoms with van der Waals surface area (Å²) in [7, 11) is 0. The Labute approximate surface area is 105 Å². The predicted molar refractivity (Wildman–Crippen MR) is 70.1 cm³/mol. The van der Waals surface area contributed by atoms with Crippen molar-refractivity contribution in [1.29, 1.82) is 0 Å². The highest BCUT2D eigenvalue weighted by Gasteiger charge is 2.07. The van der Waals surface area contributed by atoms with Gasteiger partial charge >= 0.3 is 0 Å². The van der Waals surface area contributed by atoms with Gasteiger partial charge in [0, 0.05) is 12.1 Å². The number of nitrogen functional groups attached to an aromatic ring is 1. The molecule has 92 valence electrons. The molecule has 2 rings (SSSR count). The fourth-order valence-corrected chi connectivity index (χ4v) is 1.58. The van der Waals surface area contributed by atoms with E-state index in [1.807, 2.05) is 30.3 Å². The molecule has 0 aliphatic heterocycles. The molecular formula is C14H14N2O2. The van der Waals surface area contributed by atoms with Gasteiger partial charge in [-0.2, -0.15) is 0 Å². The maximum Gasteiger partial charge on any atom is 0.251 e. The van der Waals surface area contributed by atoms with E-state index >= 15 is 0 Å². The molecule has 0 fully saturated rings. The van der Waals surface area contributed by atoms with E-state index in [0.29, 0.717) is 12.1 Å². The Hall–Kier alpha value is -2.49. The summed E-state index contributed by atoms with van der Waals surface area (Å²) in [6, 6.07) is 14.0. The molecule has 4 N–H and O–H groups in total. The van der Waals surface area contributed by atoms with Crippen LogP contribution < -0.4 is 11.1 Å². The van der Waals surface area contributed by atoms with Crippen LogP contribution >= 0.6 is 0 Å². The molecule has 0 atom stereocenters. The third-order valence-electron chi connectivity index (χ3n) is 2.59. The minimum absolute atomic E-state index is 0.0189. The Morgan fingerprint density at radius 2 is 1.89 bits per heavy atom. The maximum absolute atomic E-state index is 11.8. The number of nitrogens with one attached hydrogen (secondary N) is 1. The predicted octanol–water partition coefficient (Wildman–Crippen LogP) is 1.90. The first-order valence-electron chi connectivity index (χ1n) is 5.57. The minimum Gasteiger partial charge on any atom is -0.506 e. The van der Waals surface area contributed by atoms with E-state index in [4.69, 9.17) is 5.73 Å². The molecule has 0 aromatic heterocycles. The number of nitrogens with two attached hydrogens (primary N) is 1. The van der Waals surface area contributed by atoms with Gasteiger partial charge in [0.15, 0.2) is 0 Å². The zero-order chi connectivity index (χ0) is 13.0. The lowest BCUT2D eigenvalue weighted by molar-refractivity contribution is 0.0951. The largest absolute Gasteiger partial charge is 0.506 e. The van der Waals surface area contributed by atoms with Crippen molar-refractivity contribution in [2.24, 2.45) is 0 Å². The number of amides is 1. The first-order valence-corrected chi connectivity index (χ1v) is 5.57. The second-order valence-corrected chi connectivity index (χ2v) is 3.94. The smallest absolute Gasteiger partial charge is 0.251 e. The first-order chi connectivity index (χ1) is 8.66. The molecule has 4 heteroatoms. The number of phenolic OH excluding ortho intramolecular Hbond substituents is 1. The Balaban J connectivity index is 2.02. The standard InChI is InChI=1S/C14H14N2O2/c15-12-8-11(6-7-13(12)17)14(18)16-9-10-4-2-1-3-5-10/h1-8,17H,9,15H2,(H,16,18). The summed E-state index contributed by atoms with van der Waals surface area (Å²) in [6.07, 6.45) is 0. The van der Waals surface area contributed by atoms with Crippen LogP contribution in [0.15, 0.2) is 48.5 Å². The molecule has 2 aromatic carbocycles. The topological polar surface area (TPSA) is 75.4 Å². The zero-order valence-electron chi connectivity index (χ0n) is 9.76. The molecule has 2 aromatic rings. The Bertz CT molecular complexity index is 553. The number of phenols is 1. The maximum atomic E-state index is 11.8. The van der Waals surface area contributed by atoms with Crippen molar-refractivity contribution in [3.8, 4) is 5.75 Å². The van der Waals surface area contributed by atoms with Crippen molar-refractivity contribution >= 4 is 11.6 Å². The van der Waals surface area contributed by atoms with Gasteiger partial charge in [0.05, 0.1) is 5.69 Å². The van der Waals surface area contributed by atoms with E-state index in [2.05, 4.69) is 5.32 Å². The summed E-state index contributed by atoms with van der Waals surface area (Å²) in [5.74, 6) is -0.236. The average molecular weight is 242 g/mol. The molecule has 18 heavy (non-hydrogen) atoms. The molecule has 0 unspecified atom stereocenters. The lowest BCUT2D eigenvalue weighted by Crippen LogP contribution is -2.22. The van der Waals surface area contributed by atoms with Crippen molar-refractivity contribution in [1.82, 2.24) is 5.32 Å². The molecule has 0 saturated heterocycles. The van der Waals surface area contributed by atoms with Gasteiger partial charge in [-0.1, -0.05) is 30.3 Å². The van der Waals surface area contributed by atoms with Crippen LogP contribution in [0.2, 0.25) is 0 Å². The summed E-state index contributed by atoms with van der Waals surface area (Å²) in [5, 5.41) is 12.1. The number of hydrogen-bond donors (Lipinski definition) is 3. The number of anilines is 1. The summed E-state index contributed by atoms with van der Waals surface area (Å²) >= 11 is 0. The number of rotatable bonds is 3. The van der Waals surface area contributed by atoms with E-state index in [-0.39, 0.29) is 17.3 Å². The summed E-state index contributed by atoms with van der Waals surface area (Å²) < 4.78 is 0. The molecule has 1 amide bonds. The van der Waals surface area contributed by atoms with Gasteiger partial charge in [-0.15, -0.1) is 0 Å². The zero-order valence-corrected chi connectivity index (χ0v) is 9.76. The van der Waals surface area contributed by atoms with Gasteiger partial charge < -0.3 is 16.2 Å². The van der Waals surface area contributed by atoms with Gasteiger partial charge in [0.1, 0.15) is 5.75 Å². The fourth-order valence-electron chi connectivity index (χ4n) is 1.58. The number of aromatic hydroxyl groups is 1. The average Bonchev–Trinajstić information content (AvgIpc) is 2.40. The van der Waals surface area contributed by atoms with Gasteiger partial charge in [-0.3, -0.25) is 4.79 Å². The van der Waals surface area contributed by atoms with Crippen LogP contribution in [-0.4, -0.2) is 11.0 Å². The fraction of sp³-hybridized carbons (Fsp3) is 0.0714. The molecule has 0 bridgehead atoms. The molecule has 0 spiro atoms. The molecule has 0 heterocycles. The molecule has 0 saturated carbocycles. The van der Waals surface area contributed by atoms with Gasteiger partial charge in [-0.25, -0.2) is 0 Å². The van der Waals surface area contributed by atoms with E-state index in [0.717, 1.165) is 5.56 Å². The summed E-state index contributed by atoms with van der Waals surface area (Å²) in [5.41, 5.74) is 7.19. The highest BCUT2D eigenvalue weighted by Crippen LogP contribution is 2.20. The first kappa shape index (κ1) is 12.0. The quantitative estimate of drug-likeness (QED) is 0.568. The number of benzene rings is 2. The van der Waals surface area contributed by atoms with Crippen molar-refractivity contribution in [3.05, 3.63) is 59.7 Å². The molecule has 0 aliphatic rings. The molecule has 4 nitrogen and oxygen atoms in total. The van der Waals surface area contributed by atoms with Crippen molar-refractivity contribution in [3.63, 3.8) is 0 Å². The molecular weight excluding hydrogens is 228 g/mol. The Morgan fingerprint density at radius 1 is 1.17 bits per heavy atom. The van der Waals surface area contributed by atoms with E-state index < -0.39 is 0 Å². The van der Waals surface area contributed by atoms with Crippen LogP contribution in [-0.2, 0) is 6.54 Å². The van der Waals surface area contributed by atoms with Crippen LogP contribution in [0.4, 0.5) is 5.69 Å². The molecule has 0 radical (unpaired) electrons.